The first-order valence-electron chi connectivity index (χ1n) is 6.34. The minimum Gasteiger partial charge on any atom is -0.467 e. The van der Waals surface area contributed by atoms with Gasteiger partial charge in [-0.2, -0.15) is 0 Å². The minimum absolute atomic E-state index is 0.138. The van der Waals surface area contributed by atoms with Crippen LogP contribution < -0.4 is 5.32 Å². The maximum absolute atomic E-state index is 14.0. The number of ether oxygens (including phenoxy) is 1. The van der Waals surface area contributed by atoms with Gasteiger partial charge in [0.1, 0.15) is 11.9 Å². The predicted octanol–water partition coefficient (Wildman–Crippen LogP) is 1.91. The SMILES string of the molecule is COC(=O)[C@@H](C)NC(=O)c1ccc(-n2cccc2)c(F)c1. The Hall–Kier alpha value is -2.63. The van der Waals surface area contributed by atoms with Gasteiger partial charge in [0.15, 0.2) is 0 Å². The monoisotopic (exact) mass is 290 g/mol. The molecule has 1 atom stereocenters. The van der Waals surface area contributed by atoms with E-state index < -0.39 is 23.7 Å². The molecule has 1 N–H and O–H groups in total. The average molecular weight is 290 g/mol. The third-order valence-electron chi connectivity index (χ3n) is 2.99. The number of methoxy groups -OCH3 is 1. The summed E-state index contributed by atoms with van der Waals surface area (Å²) in [5.74, 6) is -1.62. The second kappa shape index (κ2) is 6.21. The third kappa shape index (κ3) is 3.28. The molecule has 0 radical (unpaired) electrons. The molecule has 0 fully saturated rings. The summed E-state index contributed by atoms with van der Waals surface area (Å²) in [7, 11) is 1.23. The van der Waals surface area contributed by atoms with Crippen molar-refractivity contribution in [1.29, 1.82) is 0 Å². The van der Waals surface area contributed by atoms with E-state index >= 15 is 0 Å². The van der Waals surface area contributed by atoms with Crippen molar-refractivity contribution in [2.24, 2.45) is 0 Å². The zero-order chi connectivity index (χ0) is 15.4. The Morgan fingerprint density at radius 3 is 2.52 bits per heavy atom. The van der Waals surface area contributed by atoms with Crippen LogP contribution in [0.4, 0.5) is 4.39 Å². The molecule has 1 aromatic carbocycles. The van der Waals surface area contributed by atoms with Crippen molar-refractivity contribution in [2.45, 2.75) is 13.0 Å². The lowest BCUT2D eigenvalue weighted by molar-refractivity contribution is -0.142. The van der Waals surface area contributed by atoms with Crippen LogP contribution in [0, 0.1) is 5.82 Å². The summed E-state index contributed by atoms with van der Waals surface area (Å²) in [6, 6.07) is 6.89. The number of carbonyl (C=O) groups is 2. The number of amides is 1. The Balaban J connectivity index is 2.16. The molecule has 1 aromatic heterocycles. The Morgan fingerprint density at radius 2 is 1.95 bits per heavy atom. The maximum Gasteiger partial charge on any atom is 0.328 e. The molecule has 1 heterocycles. The molecule has 0 saturated heterocycles. The molecule has 0 aliphatic carbocycles. The summed E-state index contributed by atoms with van der Waals surface area (Å²) in [4.78, 5) is 23.2. The van der Waals surface area contributed by atoms with Crippen LogP contribution in [0.3, 0.4) is 0 Å². The normalized spacial score (nSPS) is 11.8. The molecule has 0 bridgehead atoms. The highest BCUT2D eigenvalue weighted by atomic mass is 19.1. The summed E-state index contributed by atoms with van der Waals surface area (Å²) in [5, 5.41) is 2.44. The second-order valence-corrected chi connectivity index (χ2v) is 4.47. The standard InChI is InChI=1S/C15H15FN2O3/c1-10(15(20)21-2)17-14(19)11-5-6-13(12(16)9-11)18-7-3-4-8-18/h3-10H,1-2H3,(H,17,19)/t10-/m1/s1. The number of rotatable bonds is 4. The predicted molar refractivity (Wildman–Crippen MR) is 74.7 cm³/mol. The molecular weight excluding hydrogens is 275 g/mol. The first-order valence-corrected chi connectivity index (χ1v) is 6.34. The van der Waals surface area contributed by atoms with E-state index in [0.717, 1.165) is 6.07 Å². The van der Waals surface area contributed by atoms with Crippen LogP contribution in [-0.4, -0.2) is 29.6 Å². The van der Waals surface area contributed by atoms with Crippen LogP contribution in [-0.2, 0) is 9.53 Å². The van der Waals surface area contributed by atoms with E-state index in [2.05, 4.69) is 10.1 Å². The Kier molecular flexibility index (Phi) is 4.37. The fourth-order valence-corrected chi connectivity index (χ4v) is 1.87. The van der Waals surface area contributed by atoms with Crippen molar-refractivity contribution in [2.75, 3.05) is 7.11 Å². The van der Waals surface area contributed by atoms with E-state index in [9.17, 15) is 14.0 Å². The fraction of sp³-hybridized carbons (Fsp3) is 0.200. The zero-order valence-electron chi connectivity index (χ0n) is 11.7. The van der Waals surface area contributed by atoms with Crippen LogP contribution in [0.15, 0.2) is 42.7 Å². The molecule has 6 heteroatoms. The van der Waals surface area contributed by atoms with Gasteiger partial charge in [0.2, 0.25) is 0 Å². The smallest absolute Gasteiger partial charge is 0.328 e. The number of aromatic nitrogens is 1. The van der Waals surface area contributed by atoms with Crippen molar-refractivity contribution in [3.05, 3.63) is 54.1 Å². The number of halogens is 1. The summed E-state index contributed by atoms with van der Waals surface area (Å²) in [6.45, 7) is 1.49. The number of esters is 1. The lowest BCUT2D eigenvalue weighted by Crippen LogP contribution is -2.39. The van der Waals surface area contributed by atoms with Gasteiger partial charge >= 0.3 is 5.97 Å². The number of hydrogen-bond donors (Lipinski definition) is 1. The number of nitrogens with one attached hydrogen (secondary N) is 1. The van der Waals surface area contributed by atoms with Gasteiger partial charge < -0.3 is 14.6 Å². The summed E-state index contributed by atoms with van der Waals surface area (Å²) in [6.07, 6.45) is 3.41. The molecule has 2 rings (SSSR count). The highest BCUT2D eigenvalue weighted by molar-refractivity contribution is 5.96. The molecule has 0 saturated carbocycles. The van der Waals surface area contributed by atoms with Crippen LogP contribution in [0.2, 0.25) is 0 Å². The molecule has 2 aromatic rings. The lowest BCUT2D eigenvalue weighted by Gasteiger charge is -2.12. The lowest BCUT2D eigenvalue weighted by atomic mass is 10.1. The van der Waals surface area contributed by atoms with Gasteiger partial charge in [-0.1, -0.05) is 0 Å². The zero-order valence-corrected chi connectivity index (χ0v) is 11.7. The Bertz CT molecular complexity index is 653. The van der Waals surface area contributed by atoms with Crippen molar-refractivity contribution in [3.8, 4) is 5.69 Å². The molecule has 0 aliphatic heterocycles. The van der Waals surface area contributed by atoms with Gasteiger partial charge in [-0.15, -0.1) is 0 Å². The van der Waals surface area contributed by atoms with Gasteiger partial charge in [-0.3, -0.25) is 4.79 Å². The largest absolute Gasteiger partial charge is 0.467 e. The van der Waals surface area contributed by atoms with Gasteiger partial charge in [-0.25, -0.2) is 9.18 Å². The first-order chi connectivity index (χ1) is 10.0. The van der Waals surface area contributed by atoms with Crippen molar-refractivity contribution >= 4 is 11.9 Å². The van der Waals surface area contributed by atoms with Crippen LogP contribution in [0.5, 0.6) is 0 Å². The topological polar surface area (TPSA) is 60.3 Å². The van der Waals surface area contributed by atoms with Gasteiger partial charge in [0.05, 0.1) is 12.8 Å². The number of benzene rings is 1. The summed E-state index contributed by atoms with van der Waals surface area (Å²) in [5.41, 5.74) is 0.483. The van der Waals surface area contributed by atoms with E-state index in [4.69, 9.17) is 0 Å². The highest BCUT2D eigenvalue weighted by Gasteiger charge is 2.17. The number of nitrogens with zero attached hydrogens (tertiary/aromatic N) is 1. The molecule has 21 heavy (non-hydrogen) atoms. The van der Waals surface area contributed by atoms with Gasteiger partial charge in [-0.05, 0) is 37.3 Å². The number of carbonyl (C=O) groups excluding carboxylic acids is 2. The molecule has 0 unspecified atom stereocenters. The summed E-state index contributed by atoms with van der Waals surface area (Å²) < 4.78 is 20.2. The van der Waals surface area contributed by atoms with Crippen molar-refractivity contribution in [3.63, 3.8) is 0 Å². The molecule has 0 spiro atoms. The van der Waals surface area contributed by atoms with Crippen LogP contribution in [0.25, 0.3) is 5.69 Å². The van der Waals surface area contributed by atoms with Crippen LogP contribution in [0.1, 0.15) is 17.3 Å². The quantitative estimate of drug-likeness (QED) is 0.875. The summed E-state index contributed by atoms with van der Waals surface area (Å²) >= 11 is 0. The van der Waals surface area contributed by atoms with Crippen LogP contribution >= 0.6 is 0 Å². The average Bonchev–Trinajstić information content (AvgIpc) is 3.00. The molecule has 5 nitrogen and oxygen atoms in total. The first kappa shape index (κ1) is 14.8. The fourth-order valence-electron chi connectivity index (χ4n) is 1.87. The third-order valence-corrected chi connectivity index (χ3v) is 2.99. The van der Waals surface area contributed by atoms with Gasteiger partial charge in [0, 0.05) is 18.0 Å². The van der Waals surface area contributed by atoms with Crippen molar-refractivity contribution < 1.29 is 18.7 Å². The molecule has 1 amide bonds. The van der Waals surface area contributed by atoms with Crippen molar-refractivity contribution in [1.82, 2.24) is 9.88 Å². The minimum atomic E-state index is -0.797. The molecule has 110 valence electrons. The Morgan fingerprint density at radius 1 is 1.29 bits per heavy atom. The highest BCUT2D eigenvalue weighted by Crippen LogP contribution is 2.15. The van der Waals surface area contributed by atoms with E-state index in [0.29, 0.717) is 5.69 Å². The van der Waals surface area contributed by atoms with E-state index in [1.165, 1.54) is 26.2 Å². The van der Waals surface area contributed by atoms with E-state index in [-0.39, 0.29) is 5.56 Å². The Labute approximate surface area is 121 Å². The molecular formula is C15H15FN2O3. The van der Waals surface area contributed by atoms with E-state index in [1.54, 1.807) is 29.1 Å². The number of hydrogen-bond acceptors (Lipinski definition) is 3. The maximum atomic E-state index is 14.0. The molecule has 0 aliphatic rings. The van der Waals surface area contributed by atoms with E-state index in [1.807, 2.05) is 0 Å². The second-order valence-electron chi connectivity index (χ2n) is 4.47. The van der Waals surface area contributed by atoms with Gasteiger partial charge in [0.25, 0.3) is 5.91 Å².